The highest BCUT2D eigenvalue weighted by atomic mass is 16.7. The van der Waals surface area contributed by atoms with Gasteiger partial charge in [0.1, 0.15) is 0 Å². The Morgan fingerprint density at radius 3 is 2.29 bits per heavy atom. The number of amides is 2. The van der Waals surface area contributed by atoms with Crippen LogP contribution in [-0.4, -0.2) is 27.8 Å². The maximum absolute atomic E-state index is 12.1. The molecule has 0 aliphatic carbocycles. The number of aryl methyl sites for hydroxylation is 1. The van der Waals surface area contributed by atoms with Crippen molar-refractivity contribution in [3.8, 4) is 0 Å². The monoisotopic (exact) mass is 282 g/mol. The summed E-state index contributed by atoms with van der Waals surface area (Å²) >= 11 is 0. The molecule has 6 nitrogen and oxygen atoms in total. The van der Waals surface area contributed by atoms with Crippen molar-refractivity contribution >= 4 is 17.8 Å². The first-order chi connectivity index (χ1) is 10.1. The molecule has 0 radical (unpaired) electrons. The summed E-state index contributed by atoms with van der Waals surface area (Å²) in [6, 6.07) is 7.94. The first kappa shape index (κ1) is 13.0. The number of benzene rings is 1. The second-order valence-corrected chi connectivity index (χ2v) is 4.52. The summed E-state index contributed by atoms with van der Waals surface area (Å²) in [6.07, 6.45) is 2.87. The van der Waals surface area contributed by atoms with Crippen LogP contribution >= 0.6 is 0 Å². The van der Waals surface area contributed by atoms with Gasteiger partial charge < -0.3 is 4.84 Å². The molecule has 1 aliphatic rings. The van der Waals surface area contributed by atoms with E-state index in [-0.39, 0.29) is 16.7 Å². The molecule has 0 atom stereocenters. The third-order valence-electron chi connectivity index (χ3n) is 3.19. The Morgan fingerprint density at radius 2 is 1.71 bits per heavy atom. The molecule has 3 rings (SSSR count). The van der Waals surface area contributed by atoms with Crippen molar-refractivity contribution in [1.82, 2.24) is 10.0 Å². The molecule has 0 saturated heterocycles. The Hall–Kier alpha value is -3.02. The highest BCUT2D eigenvalue weighted by molar-refractivity contribution is 6.21. The van der Waals surface area contributed by atoms with E-state index in [4.69, 9.17) is 4.84 Å². The van der Waals surface area contributed by atoms with Crippen LogP contribution in [0, 0.1) is 6.92 Å². The number of imide groups is 1. The summed E-state index contributed by atoms with van der Waals surface area (Å²) < 4.78 is 0. The normalized spacial score (nSPS) is 13.3. The first-order valence-electron chi connectivity index (χ1n) is 6.20. The number of fused-ring (bicyclic) bond motifs is 1. The fraction of sp³-hybridized carbons (Fsp3) is 0.0667. The molecule has 104 valence electrons. The number of hydroxylamine groups is 2. The van der Waals surface area contributed by atoms with E-state index in [0.29, 0.717) is 10.6 Å². The Labute approximate surface area is 119 Å². The van der Waals surface area contributed by atoms with Crippen LogP contribution in [-0.2, 0) is 4.84 Å². The fourth-order valence-corrected chi connectivity index (χ4v) is 2.06. The number of carbonyl (C=O) groups is 3. The molecule has 2 amide bonds. The number of pyridine rings is 1. The van der Waals surface area contributed by atoms with Crippen LogP contribution in [0.2, 0.25) is 0 Å². The number of carbonyl (C=O) groups excluding carboxylic acids is 3. The first-order valence-corrected chi connectivity index (χ1v) is 6.20. The number of rotatable bonds is 2. The fourth-order valence-electron chi connectivity index (χ4n) is 2.06. The van der Waals surface area contributed by atoms with E-state index in [1.165, 1.54) is 24.5 Å². The Morgan fingerprint density at radius 1 is 1.10 bits per heavy atom. The smallest absolute Gasteiger partial charge is 0.324 e. The van der Waals surface area contributed by atoms with Crippen molar-refractivity contribution in [3.05, 3.63) is 65.0 Å². The third-order valence-corrected chi connectivity index (χ3v) is 3.19. The molecule has 1 aromatic heterocycles. The molecule has 0 unspecified atom stereocenters. The predicted molar refractivity (Wildman–Crippen MR) is 71.3 cm³/mol. The highest BCUT2D eigenvalue weighted by Crippen LogP contribution is 2.23. The topological polar surface area (TPSA) is 76.6 Å². The van der Waals surface area contributed by atoms with Gasteiger partial charge in [-0.15, -0.1) is 0 Å². The minimum Gasteiger partial charge on any atom is -0.324 e. The van der Waals surface area contributed by atoms with E-state index in [2.05, 4.69) is 4.98 Å². The zero-order valence-electron chi connectivity index (χ0n) is 11.1. The minimum absolute atomic E-state index is 0.203. The van der Waals surface area contributed by atoms with Crippen LogP contribution in [0.3, 0.4) is 0 Å². The summed E-state index contributed by atoms with van der Waals surface area (Å²) in [5, 5.41) is 0.486. The van der Waals surface area contributed by atoms with Crippen LogP contribution in [0.15, 0.2) is 42.7 Å². The van der Waals surface area contributed by atoms with Crippen LogP contribution in [0.5, 0.6) is 0 Å². The van der Waals surface area contributed by atoms with Gasteiger partial charge in [-0.1, -0.05) is 17.2 Å². The summed E-state index contributed by atoms with van der Waals surface area (Å²) in [7, 11) is 0. The van der Waals surface area contributed by atoms with Crippen LogP contribution in [0.1, 0.15) is 36.6 Å². The van der Waals surface area contributed by atoms with Crippen LogP contribution < -0.4 is 0 Å². The molecule has 1 aromatic carbocycles. The molecule has 0 bridgehead atoms. The molecule has 2 heterocycles. The van der Waals surface area contributed by atoms with Gasteiger partial charge in [0.25, 0.3) is 11.8 Å². The van der Waals surface area contributed by atoms with E-state index in [0.717, 1.165) is 0 Å². The van der Waals surface area contributed by atoms with Gasteiger partial charge in [-0.2, -0.15) is 0 Å². The van der Waals surface area contributed by atoms with Gasteiger partial charge in [-0.3, -0.25) is 14.6 Å². The molecule has 2 aromatic rings. The second kappa shape index (κ2) is 4.82. The van der Waals surface area contributed by atoms with Gasteiger partial charge in [0.2, 0.25) is 0 Å². The number of hydrogen-bond acceptors (Lipinski definition) is 5. The SMILES string of the molecule is Cc1ccncc1C(=O)ON1C(=O)c2ccccc2C1=O. The van der Waals surface area contributed by atoms with E-state index in [1.807, 2.05) is 0 Å². The van der Waals surface area contributed by atoms with E-state index >= 15 is 0 Å². The summed E-state index contributed by atoms with van der Waals surface area (Å²) in [4.78, 5) is 45.0. The number of hydrogen-bond donors (Lipinski definition) is 0. The summed E-state index contributed by atoms with van der Waals surface area (Å²) in [5.74, 6) is -2.09. The molecule has 0 N–H and O–H groups in total. The lowest BCUT2D eigenvalue weighted by atomic mass is 10.1. The lowest BCUT2D eigenvalue weighted by Gasteiger charge is -2.13. The molecule has 0 spiro atoms. The second-order valence-electron chi connectivity index (χ2n) is 4.52. The van der Waals surface area contributed by atoms with E-state index in [9.17, 15) is 14.4 Å². The van der Waals surface area contributed by atoms with Crippen molar-refractivity contribution in [2.24, 2.45) is 0 Å². The van der Waals surface area contributed by atoms with Crippen molar-refractivity contribution in [2.75, 3.05) is 0 Å². The summed E-state index contributed by atoms with van der Waals surface area (Å²) in [5.41, 5.74) is 1.29. The molecule has 0 fully saturated rings. The Kier molecular flexibility index (Phi) is 2.98. The maximum Gasteiger partial charge on any atom is 0.365 e. The molecular weight excluding hydrogens is 272 g/mol. The van der Waals surface area contributed by atoms with Crippen molar-refractivity contribution in [2.45, 2.75) is 6.92 Å². The lowest BCUT2D eigenvalue weighted by Crippen LogP contribution is -2.32. The molecular formula is C15H10N2O4. The van der Waals surface area contributed by atoms with Gasteiger partial charge in [0.15, 0.2) is 0 Å². The van der Waals surface area contributed by atoms with Crippen molar-refractivity contribution in [1.29, 1.82) is 0 Å². The number of nitrogens with zero attached hydrogens (tertiary/aromatic N) is 2. The molecule has 21 heavy (non-hydrogen) atoms. The molecule has 6 heteroatoms. The van der Waals surface area contributed by atoms with Gasteiger partial charge in [0.05, 0.1) is 16.7 Å². The van der Waals surface area contributed by atoms with Crippen molar-refractivity contribution in [3.63, 3.8) is 0 Å². The average Bonchev–Trinajstić information content (AvgIpc) is 2.73. The third kappa shape index (κ3) is 2.06. The maximum atomic E-state index is 12.1. The quantitative estimate of drug-likeness (QED) is 0.784. The van der Waals surface area contributed by atoms with Gasteiger partial charge >= 0.3 is 5.97 Å². The Balaban J connectivity index is 1.88. The zero-order valence-corrected chi connectivity index (χ0v) is 11.1. The average molecular weight is 282 g/mol. The van der Waals surface area contributed by atoms with Crippen LogP contribution in [0.4, 0.5) is 0 Å². The minimum atomic E-state index is -0.796. The van der Waals surface area contributed by atoms with Gasteiger partial charge in [0, 0.05) is 12.4 Å². The zero-order chi connectivity index (χ0) is 15.0. The predicted octanol–water partition coefficient (Wildman–Crippen LogP) is 1.76. The van der Waals surface area contributed by atoms with Gasteiger partial charge in [-0.05, 0) is 30.7 Å². The van der Waals surface area contributed by atoms with Crippen molar-refractivity contribution < 1.29 is 19.2 Å². The van der Waals surface area contributed by atoms with E-state index in [1.54, 1.807) is 25.1 Å². The summed E-state index contributed by atoms with van der Waals surface area (Å²) in [6.45, 7) is 1.71. The van der Waals surface area contributed by atoms with Crippen LogP contribution in [0.25, 0.3) is 0 Å². The lowest BCUT2D eigenvalue weighted by molar-refractivity contribution is -0.0585. The largest absolute Gasteiger partial charge is 0.365 e. The van der Waals surface area contributed by atoms with E-state index < -0.39 is 17.8 Å². The Bertz CT molecular complexity index is 735. The number of aromatic nitrogens is 1. The highest BCUT2D eigenvalue weighted by Gasteiger charge is 2.38. The molecule has 1 aliphatic heterocycles. The standard InChI is InChI=1S/C15H10N2O4/c1-9-6-7-16-8-12(9)15(20)21-17-13(18)10-4-2-3-5-11(10)14(17)19/h2-8H,1H3. The molecule has 0 saturated carbocycles. The van der Waals surface area contributed by atoms with Gasteiger partial charge in [-0.25, -0.2) is 4.79 Å².